The van der Waals surface area contributed by atoms with Crippen LogP contribution in [0.2, 0.25) is 0 Å². The fraction of sp³-hybridized carbons (Fsp3) is 0.375. The van der Waals surface area contributed by atoms with Crippen LogP contribution in [0.4, 0.5) is 0 Å². The van der Waals surface area contributed by atoms with Gasteiger partial charge < -0.3 is 9.84 Å². The van der Waals surface area contributed by atoms with Crippen molar-refractivity contribution in [2.45, 2.75) is 13.5 Å². The number of rotatable bonds is 3. The van der Waals surface area contributed by atoms with Gasteiger partial charge in [0.2, 0.25) is 0 Å². The minimum atomic E-state index is 0.501. The molecule has 0 aliphatic heterocycles. The van der Waals surface area contributed by atoms with E-state index < -0.39 is 0 Å². The van der Waals surface area contributed by atoms with E-state index >= 15 is 0 Å². The Balaban J connectivity index is 2.29. The summed E-state index contributed by atoms with van der Waals surface area (Å²) in [6, 6.07) is 0. The summed E-state index contributed by atoms with van der Waals surface area (Å²) >= 11 is 0. The van der Waals surface area contributed by atoms with Gasteiger partial charge in [-0.2, -0.15) is 10.1 Å². The average molecular weight is 193 g/mol. The van der Waals surface area contributed by atoms with E-state index in [4.69, 9.17) is 4.52 Å². The molecule has 0 spiro atoms. The Morgan fingerprint density at radius 2 is 2.43 bits per heavy atom. The Labute approximate surface area is 80.7 Å². The van der Waals surface area contributed by atoms with Crippen molar-refractivity contribution in [3.8, 4) is 11.5 Å². The van der Waals surface area contributed by atoms with Crippen LogP contribution in [0.5, 0.6) is 0 Å². The van der Waals surface area contributed by atoms with Gasteiger partial charge in [0.1, 0.15) is 0 Å². The molecule has 0 saturated carbocycles. The molecule has 0 aliphatic carbocycles. The van der Waals surface area contributed by atoms with E-state index in [0.717, 1.165) is 11.3 Å². The summed E-state index contributed by atoms with van der Waals surface area (Å²) in [5.74, 6) is 1.14. The second kappa shape index (κ2) is 3.59. The van der Waals surface area contributed by atoms with Crippen LogP contribution in [0, 0.1) is 6.92 Å². The van der Waals surface area contributed by atoms with E-state index in [-0.39, 0.29) is 0 Å². The molecule has 0 amide bonds. The highest BCUT2D eigenvalue weighted by atomic mass is 16.5. The van der Waals surface area contributed by atoms with E-state index in [1.54, 1.807) is 6.20 Å². The Morgan fingerprint density at radius 3 is 3.07 bits per heavy atom. The molecule has 0 unspecified atom stereocenters. The summed E-state index contributed by atoms with van der Waals surface area (Å²) in [5.41, 5.74) is 1.77. The van der Waals surface area contributed by atoms with E-state index in [1.165, 1.54) is 0 Å². The molecule has 14 heavy (non-hydrogen) atoms. The van der Waals surface area contributed by atoms with Crippen molar-refractivity contribution >= 4 is 0 Å². The van der Waals surface area contributed by atoms with Crippen LogP contribution < -0.4 is 5.32 Å². The highest BCUT2D eigenvalue weighted by Gasteiger charge is 2.11. The third kappa shape index (κ3) is 1.51. The first-order valence-corrected chi connectivity index (χ1v) is 4.29. The number of aromatic nitrogens is 4. The molecule has 0 aliphatic rings. The highest BCUT2D eigenvalue weighted by Crippen LogP contribution is 2.18. The van der Waals surface area contributed by atoms with Crippen molar-refractivity contribution in [1.29, 1.82) is 0 Å². The Bertz CT molecular complexity index is 419. The molecule has 6 nitrogen and oxygen atoms in total. The number of hydrogen-bond donors (Lipinski definition) is 2. The van der Waals surface area contributed by atoms with Gasteiger partial charge in [-0.25, -0.2) is 0 Å². The maximum Gasteiger partial charge on any atom is 0.261 e. The number of hydrogen-bond acceptors (Lipinski definition) is 5. The van der Waals surface area contributed by atoms with Crippen LogP contribution in [-0.2, 0) is 6.54 Å². The molecule has 74 valence electrons. The summed E-state index contributed by atoms with van der Waals surface area (Å²) in [4.78, 5) is 4.20. The molecule has 2 aromatic heterocycles. The van der Waals surface area contributed by atoms with Gasteiger partial charge in [0.05, 0.1) is 18.3 Å². The molecule has 2 rings (SSSR count). The molecule has 2 N–H and O–H groups in total. The number of aryl methyl sites for hydroxylation is 1. The van der Waals surface area contributed by atoms with Crippen molar-refractivity contribution in [2.24, 2.45) is 0 Å². The number of H-pyrrole nitrogens is 1. The molecular formula is C8H11N5O. The minimum absolute atomic E-state index is 0.501. The van der Waals surface area contributed by atoms with Gasteiger partial charge in [-0.1, -0.05) is 5.16 Å². The lowest BCUT2D eigenvalue weighted by molar-refractivity contribution is 0.420. The molecule has 0 bridgehead atoms. The molecule has 0 aromatic carbocycles. The lowest BCUT2D eigenvalue weighted by Gasteiger charge is -1.88. The third-order valence-corrected chi connectivity index (χ3v) is 1.86. The van der Waals surface area contributed by atoms with Crippen LogP contribution in [-0.4, -0.2) is 27.4 Å². The first-order valence-electron chi connectivity index (χ1n) is 4.29. The highest BCUT2D eigenvalue weighted by molar-refractivity contribution is 5.54. The fourth-order valence-electron chi connectivity index (χ4n) is 1.16. The smallest absolute Gasteiger partial charge is 0.261 e. The number of aromatic amines is 1. The van der Waals surface area contributed by atoms with Crippen LogP contribution in [0.1, 0.15) is 11.5 Å². The van der Waals surface area contributed by atoms with Crippen molar-refractivity contribution in [1.82, 2.24) is 25.7 Å². The third-order valence-electron chi connectivity index (χ3n) is 1.86. The van der Waals surface area contributed by atoms with Gasteiger partial charge in [-0.15, -0.1) is 0 Å². The standard InChI is InChI=1S/C8H11N5O/c1-5-6(3-10-12-5)8-11-7(4-9-2)13-14-8/h3,9H,4H2,1-2H3,(H,10,12). The molecule has 2 aromatic rings. The van der Waals surface area contributed by atoms with E-state index in [2.05, 4.69) is 25.7 Å². The molecule has 0 saturated heterocycles. The predicted octanol–water partition coefficient (Wildman–Crippen LogP) is 0.488. The lowest BCUT2D eigenvalue weighted by atomic mass is 10.3. The van der Waals surface area contributed by atoms with Gasteiger partial charge >= 0.3 is 0 Å². The van der Waals surface area contributed by atoms with Crippen molar-refractivity contribution < 1.29 is 4.52 Å². The normalized spacial score (nSPS) is 10.7. The van der Waals surface area contributed by atoms with Gasteiger partial charge in [0.25, 0.3) is 5.89 Å². The number of nitrogens with zero attached hydrogens (tertiary/aromatic N) is 3. The van der Waals surface area contributed by atoms with Crippen LogP contribution in [0.3, 0.4) is 0 Å². The largest absolute Gasteiger partial charge is 0.334 e. The molecule has 0 atom stereocenters. The zero-order chi connectivity index (χ0) is 9.97. The second-order valence-electron chi connectivity index (χ2n) is 2.95. The van der Waals surface area contributed by atoms with Crippen LogP contribution in [0.25, 0.3) is 11.5 Å². The lowest BCUT2D eigenvalue weighted by Crippen LogP contribution is -2.06. The minimum Gasteiger partial charge on any atom is -0.334 e. The average Bonchev–Trinajstić information content (AvgIpc) is 2.74. The topological polar surface area (TPSA) is 79.6 Å². The monoisotopic (exact) mass is 193 g/mol. The number of nitrogens with one attached hydrogen (secondary N) is 2. The summed E-state index contributed by atoms with van der Waals surface area (Å²) in [6.45, 7) is 2.50. The summed E-state index contributed by atoms with van der Waals surface area (Å²) < 4.78 is 5.08. The van der Waals surface area contributed by atoms with Crippen molar-refractivity contribution in [2.75, 3.05) is 7.05 Å². The quantitative estimate of drug-likeness (QED) is 0.741. The zero-order valence-electron chi connectivity index (χ0n) is 8.03. The SMILES string of the molecule is CNCc1noc(-c2cn[nH]c2C)n1. The zero-order valence-corrected chi connectivity index (χ0v) is 8.03. The van der Waals surface area contributed by atoms with E-state index in [1.807, 2.05) is 14.0 Å². The first kappa shape index (κ1) is 8.89. The Kier molecular flexibility index (Phi) is 2.28. The maximum atomic E-state index is 5.08. The van der Waals surface area contributed by atoms with Gasteiger partial charge in [0.15, 0.2) is 5.82 Å². The molecule has 0 radical (unpaired) electrons. The Hall–Kier alpha value is -1.69. The maximum absolute atomic E-state index is 5.08. The van der Waals surface area contributed by atoms with Crippen LogP contribution in [0.15, 0.2) is 10.7 Å². The summed E-state index contributed by atoms with van der Waals surface area (Å²) in [5, 5.41) is 13.5. The second-order valence-corrected chi connectivity index (χ2v) is 2.95. The van der Waals surface area contributed by atoms with Crippen molar-refractivity contribution in [3.63, 3.8) is 0 Å². The van der Waals surface area contributed by atoms with Gasteiger partial charge in [-0.3, -0.25) is 5.10 Å². The van der Waals surface area contributed by atoms with Gasteiger partial charge in [0, 0.05) is 5.69 Å². The Morgan fingerprint density at radius 1 is 1.57 bits per heavy atom. The van der Waals surface area contributed by atoms with E-state index in [9.17, 15) is 0 Å². The first-order chi connectivity index (χ1) is 6.81. The van der Waals surface area contributed by atoms with Crippen molar-refractivity contribution in [3.05, 3.63) is 17.7 Å². The molecule has 2 heterocycles. The van der Waals surface area contributed by atoms with Gasteiger partial charge in [-0.05, 0) is 14.0 Å². The molecular weight excluding hydrogens is 182 g/mol. The summed E-state index contributed by atoms with van der Waals surface area (Å²) in [6.07, 6.45) is 1.67. The molecule has 6 heteroatoms. The summed E-state index contributed by atoms with van der Waals surface area (Å²) in [7, 11) is 1.83. The predicted molar refractivity (Wildman–Crippen MR) is 49.4 cm³/mol. The fourth-order valence-corrected chi connectivity index (χ4v) is 1.16. The van der Waals surface area contributed by atoms with Crippen LogP contribution >= 0.6 is 0 Å². The molecule has 0 fully saturated rings. The van der Waals surface area contributed by atoms with E-state index in [0.29, 0.717) is 18.3 Å².